The summed E-state index contributed by atoms with van der Waals surface area (Å²) in [4.78, 5) is 0. The van der Waals surface area contributed by atoms with Crippen molar-refractivity contribution in [2.24, 2.45) is 11.7 Å². The molecule has 1 rings (SSSR count). The molecule has 1 aliphatic carbocycles. The average Bonchev–Trinajstić information content (AvgIpc) is 2.15. The monoisotopic (exact) mass is 235 g/mol. The van der Waals surface area contributed by atoms with Gasteiger partial charge in [-0.1, -0.05) is 32.1 Å². The molecule has 4 nitrogen and oxygen atoms in total. The van der Waals surface area contributed by atoms with E-state index in [0.717, 1.165) is 6.42 Å². The zero-order valence-electron chi connectivity index (χ0n) is 9.06. The molecule has 0 bridgehead atoms. The normalized spacial score (nSPS) is 21.5. The van der Waals surface area contributed by atoms with E-state index >= 15 is 0 Å². The van der Waals surface area contributed by atoms with Crippen molar-refractivity contribution < 1.29 is 13.0 Å². The van der Waals surface area contributed by atoms with Crippen LogP contribution in [0.5, 0.6) is 0 Å². The second kappa shape index (κ2) is 5.82. The van der Waals surface area contributed by atoms with Gasteiger partial charge in [0, 0.05) is 6.04 Å². The first-order valence-corrected chi connectivity index (χ1v) is 7.29. The molecule has 3 N–H and O–H groups in total. The van der Waals surface area contributed by atoms with Gasteiger partial charge in [0.15, 0.2) is 0 Å². The van der Waals surface area contributed by atoms with Gasteiger partial charge in [-0.2, -0.15) is 8.42 Å². The largest absolute Gasteiger partial charge is 0.328 e. The van der Waals surface area contributed by atoms with Gasteiger partial charge in [-0.3, -0.25) is 4.55 Å². The molecule has 1 aliphatic rings. The number of nitrogens with two attached hydrogens (primary N) is 1. The summed E-state index contributed by atoms with van der Waals surface area (Å²) < 4.78 is 29.6. The minimum Gasteiger partial charge on any atom is -0.328 e. The molecule has 0 amide bonds. The van der Waals surface area contributed by atoms with E-state index in [4.69, 9.17) is 10.3 Å². The Hall–Kier alpha value is -0.130. The van der Waals surface area contributed by atoms with Crippen LogP contribution < -0.4 is 5.73 Å². The van der Waals surface area contributed by atoms with Crippen LogP contribution in [0.25, 0.3) is 0 Å². The summed E-state index contributed by atoms with van der Waals surface area (Å²) in [6.45, 7) is 0. The summed E-state index contributed by atoms with van der Waals surface area (Å²) in [6.07, 6.45) is 7.58. The highest BCUT2D eigenvalue weighted by molar-refractivity contribution is 7.85. The maximum atomic E-state index is 10.5. The van der Waals surface area contributed by atoms with Crippen LogP contribution >= 0.6 is 0 Å². The van der Waals surface area contributed by atoms with Gasteiger partial charge >= 0.3 is 0 Å². The maximum absolute atomic E-state index is 10.5. The van der Waals surface area contributed by atoms with Crippen LogP contribution in [-0.2, 0) is 10.1 Å². The third kappa shape index (κ3) is 6.12. The average molecular weight is 235 g/mol. The van der Waals surface area contributed by atoms with Crippen molar-refractivity contribution >= 4 is 10.1 Å². The topological polar surface area (TPSA) is 80.4 Å². The summed E-state index contributed by atoms with van der Waals surface area (Å²) >= 11 is 0. The zero-order valence-corrected chi connectivity index (χ0v) is 9.88. The van der Waals surface area contributed by atoms with Gasteiger partial charge in [-0.25, -0.2) is 0 Å². The minimum absolute atomic E-state index is 0.0879. The van der Waals surface area contributed by atoms with E-state index in [9.17, 15) is 8.42 Å². The summed E-state index contributed by atoms with van der Waals surface area (Å²) in [5.41, 5.74) is 5.84. The van der Waals surface area contributed by atoms with Crippen LogP contribution in [0.1, 0.15) is 44.9 Å². The van der Waals surface area contributed by atoms with Crippen molar-refractivity contribution in [2.75, 3.05) is 5.75 Å². The standard InChI is InChI=1S/C10H21NO3S/c11-10(6-7-15(12,13)14)8-9-4-2-1-3-5-9/h9-10H,1-8,11H2,(H,12,13,14)/t10-/m1/s1. The Kier molecular flexibility index (Phi) is 5.02. The second-order valence-corrected chi connectivity index (χ2v) is 6.15. The number of hydrogen-bond acceptors (Lipinski definition) is 3. The molecule has 0 heterocycles. The smallest absolute Gasteiger partial charge is 0.264 e. The molecule has 1 saturated carbocycles. The van der Waals surface area contributed by atoms with Crippen molar-refractivity contribution in [3.8, 4) is 0 Å². The lowest BCUT2D eigenvalue weighted by Crippen LogP contribution is -2.27. The van der Waals surface area contributed by atoms with Crippen molar-refractivity contribution in [1.29, 1.82) is 0 Å². The molecule has 1 fully saturated rings. The highest BCUT2D eigenvalue weighted by Crippen LogP contribution is 2.27. The number of hydrogen-bond donors (Lipinski definition) is 2. The van der Waals surface area contributed by atoms with Crippen molar-refractivity contribution in [1.82, 2.24) is 0 Å². The van der Waals surface area contributed by atoms with E-state index in [-0.39, 0.29) is 11.8 Å². The molecule has 0 aromatic carbocycles. The maximum Gasteiger partial charge on any atom is 0.264 e. The second-order valence-electron chi connectivity index (χ2n) is 4.57. The van der Waals surface area contributed by atoms with E-state index < -0.39 is 10.1 Å². The summed E-state index contributed by atoms with van der Waals surface area (Å²) in [5.74, 6) is 0.455. The van der Waals surface area contributed by atoms with Gasteiger partial charge in [-0.15, -0.1) is 0 Å². The van der Waals surface area contributed by atoms with Crippen molar-refractivity contribution in [3.05, 3.63) is 0 Å². The lowest BCUT2D eigenvalue weighted by Gasteiger charge is -2.24. The first-order valence-electron chi connectivity index (χ1n) is 5.68. The molecule has 15 heavy (non-hydrogen) atoms. The van der Waals surface area contributed by atoms with Crippen molar-refractivity contribution in [3.63, 3.8) is 0 Å². The third-order valence-electron chi connectivity index (χ3n) is 3.11. The summed E-state index contributed by atoms with van der Waals surface area (Å²) in [7, 11) is -3.84. The van der Waals surface area contributed by atoms with E-state index in [1.807, 2.05) is 0 Å². The van der Waals surface area contributed by atoms with Crippen LogP contribution in [-0.4, -0.2) is 24.8 Å². The summed E-state index contributed by atoms with van der Waals surface area (Å²) in [6, 6.07) is -0.0879. The Morgan fingerprint density at radius 2 is 1.87 bits per heavy atom. The molecule has 1 atom stereocenters. The molecule has 0 radical (unpaired) electrons. The molecule has 0 aliphatic heterocycles. The third-order valence-corrected chi connectivity index (χ3v) is 3.86. The first-order chi connectivity index (χ1) is 6.97. The predicted molar refractivity (Wildman–Crippen MR) is 60.2 cm³/mol. The van der Waals surface area contributed by atoms with Crippen LogP contribution in [0.4, 0.5) is 0 Å². The fourth-order valence-electron chi connectivity index (χ4n) is 2.27. The molecule has 0 spiro atoms. The van der Waals surface area contributed by atoms with Gasteiger partial charge in [0.1, 0.15) is 0 Å². The Morgan fingerprint density at radius 1 is 1.27 bits per heavy atom. The van der Waals surface area contributed by atoms with Gasteiger partial charge in [-0.05, 0) is 18.8 Å². The van der Waals surface area contributed by atoms with Gasteiger partial charge in [0.05, 0.1) is 5.75 Å². The lowest BCUT2D eigenvalue weighted by molar-refractivity contribution is 0.314. The lowest BCUT2D eigenvalue weighted by atomic mass is 9.84. The molecule has 0 saturated heterocycles. The zero-order chi connectivity index (χ0) is 11.3. The molecule has 0 aromatic rings. The van der Waals surface area contributed by atoms with Crippen LogP contribution in [0, 0.1) is 5.92 Å². The van der Waals surface area contributed by atoms with Gasteiger partial charge in [0.25, 0.3) is 10.1 Å². The highest BCUT2D eigenvalue weighted by atomic mass is 32.2. The molecule has 0 aromatic heterocycles. The Balaban J connectivity index is 2.20. The Labute approximate surface area is 92.0 Å². The molecule has 90 valence electrons. The molecule has 0 unspecified atom stereocenters. The van der Waals surface area contributed by atoms with Crippen LogP contribution in [0.3, 0.4) is 0 Å². The molecular weight excluding hydrogens is 214 g/mol. The van der Waals surface area contributed by atoms with Crippen LogP contribution in [0.2, 0.25) is 0 Å². The fourth-order valence-corrected chi connectivity index (χ4v) is 2.87. The molecule has 5 heteroatoms. The predicted octanol–water partition coefficient (Wildman–Crippen LogP) is 1.56. The quantitative estimate of drug-likeness (QED) is 0.709. The van der Waals surface area contributed by atoms with E-state index in [1.165, 1.54) is 32.1 Å². The minimum atomic E-state index is -3.84. The Morgan fingerprint density at radius 3 is 2.40 bits per heavy atom. The number of rotatable bonds is 5. The Bertz CT molecular complexity index is 270. The van der Waals surface area contributed by atoms with E-state index in [1.54, 1.807) is 0 Å². The van der Waals surface area contributed by atoms with Crippen LogP contribution in [0.15, 0.2) is 0 Å². The highest BCUT2D eigenvalue weighted by Gasteiger charge is 2.17. The van der Waals surface area contributed by atoms with E-state index in [2.05, 4.69) is 0 Å². The van der Waals surface area contributed by atoms with Gasteiger partial charge < -0.3 is 5.73 Å². The SMILES string of the molecule is N[C@H](CCS(=O)(=O)O)CC1CCCCC1. The fraction of sp³-hybridized carbons (Fsp3) is 1.00. The van der Waals surface area contributed by atoms with E-state index in [0.29, 0.717) is 12.3 Å². The van der Waals surface area contributed by atoms with Gasteiger partial charge in [0.2, 0.25) is 0 Å². The first kappa shape index (κ1) is 12.9. The van der Waals surface area contributed by atoms with Crippen molar-refractivity contribution in [2.45, 2.75) is 51.0 Å². The molecular formula is C10H21NO3S. The summed E-state index contributed by atoms with van der Waals surface area (Å²) in [5, 5.41) is 0.